The van der Waals surface area contributed by atoms with E-state index in [0.29, 0.717) is 12.3 Å². The largest absolute Gasteiger partial charge is 0.385 e. The number of nitrogens with one attached hydrogen (secondary N) is 2. The van der Waals surface area contributed by atoms with Crippen molar-refractivity contribution < 1.29 is 4.79 Å². The summed E-state index contributed by atoms with van der Waals surface area (Å²) in [5, 5.41) is 6.29. The first-order valence-corrected chi connectivity index (χ1v) is 7.72. The molecule has 2 aromatic carbocycles. The minimum absolute atomic E-state index is 0.00624. The maximum atomic E-state index is 12.0. The van der Waals surface area contributed by atoms with Gasteiger partial charge in [0.2, 0.25) is 5.91 Å². The number of anilines is 2. The van der Waals surface area contributed by atoms with Crippen LogP contribution in [-0.4, -0.2) is 12.5 Å². The number of hydrogen-bond donors (Lipinski definition) is 2. The monoisotopic (exact) mass is 296 g/mol. The first kappa shape index (κ1) is 16.1. The average molecular weight is 296 g/mol. The van der Waals surface area contributed by atoms with Crippen LogP contribution in [-0.2, 0) is 11.2 Å². The van der Waals surface area contributed by atoms with E-state index in [4.69, 9.17) is 0 Å². The third-order valence-corrected chi connectivity index (χ3v) is 3.37. The van der Waals surface area contributed by atoms with Crippen LogP contribution in [0, 0.1) is 12.8 Å². The molecular weight excluding hydrogens is 272 g/mol. The number of benzene rings is 2. The maximum Gasteiger partial charge on any atom is 0.228 e. The highest BCUT2D eigenvalue weighted by Gasteiger charge is 2.04. The first-order valence-electron chi connectivity index (χ1n) is 7.72. The molecule has 0 heterocycles. The molecule has 0 aliphatic heterocycles. The van der Waals surface area contributed by atoms with Crippen molar-refractivity contribution in [2.75, 3.05) is 17.2 Å². The van der Waals surface area contributed by atoms with Crippen LogP contribution in [0.25, 0.3) is 0 Å². The zero-order chi connectivity index (χ0) is 15.9. The summed E-state index contributed by atoms with van der Waals surface area (Å²) in [6, 6.07) is 15.9. The molecule has 0 radical (unpaired) electrons. The van der Waals surface area contributed by atoms with Crippen molar-refractivity contribution in [1.82, 2.24) is 0 Å². The van der Waals surface area contributed by atoms with E-state index >= 15 is 0 Å². The SMILES string of the molecule is Cc1ccc(CC(=O)Nc2ccc(NCC(C)C)cc2)cc1. The molecule has 22 heavy (non-hydrogen) atoms. The smallest absolute Gasteiger partial charge is 0.228 e. The van der Waals surface area contributed by atoms with E-state index in [0.717, 1.165) is 23.5 Å². The van der Waals surface area contributed by atoms with Gasteiger partial charge in [0.05, 0.1) is 6.42 Å². The topological polar surface area (TPSA) is 41.1 Å². The van der Waals surface area contributed by atoms with Crippen molar-refractivity contribution in [3.63, 3.8) is 0 Å². The summed E-state index contributed by atoms with van der Waals surface area (Å²) < 4.78 is 0. The summed E-state index contributed by atoms with van der Waals surface area (Å²) in [4.78, 5) is 12.0. The van der Waals surface area contributed by atoms with Crippen molar-refractivity contribution in [2.45, 2.75) is 27.2 Å². The Hall–Kier alpha value is -2.29. The van der Waals surface area contributed by atoms with Crippen molar-refractivity contribution in [3.05, 3.63) is 59.7 Å². The van der Waals surface area contributed by atoms with Crippen molar-refractivity contribution in [3.8, 4) is 0 Å². The zero-order valence-electron chi connectivity index (χ0n) is 13.5. The second-order valence-corrected chi connectivity index (χ2v) is 6.06. The van der Waals surface area contributed by atoms with E-state index in [1.165, 1.54) is 5.56 Å². The van der Waals surface area contributed by atoms with Crippen LogP contribution in [0.1, 0.15) is 25.0 Å². The van der Waals surface area contributed by atoms with Gasteiger partial charge in [-0.3, -0.25) is 4.79 Å². The highest BCUT2D eigenvalue weighted by molar-refractivity contribution is 5.92. The van der Waals surface area contributed by atoms with E-state index in [-0.39, 0.29) is 5.91 Å². The predicted octanol–water partition coefficient (Wildman–Crippen LogP) is 4.24. The third kappa shape index (κ3) is 5.24. The lowest BCUT2D eigenvalue weighted by Crippen LogP contribution is -2.14. The summed E-state index contributed by atoms with van der Waals surface area (Å²) in [7, 11) is 0. The lowest BCUT2D eigenvalue weighted by molar-refractivity contribution is -0.115. The standard InChI is InChI=1S/C19H24N2O/c1-14(2)13-20-17-8-10-18(11-9-17)21-19(22)12-16-6-4-15(3)5-7-16/h4-11,14,20H,12-13H2,1-3H3,(H,21,22). The van der Waals surface area contributed by atoms with Gasteiger partial charge in [-0.2, -0.15) is 0 Å². The van der Waals surface area contributed by atoms with E-state index in [9.17, 15) is 4.79 Å². The summed E-state index contributed by atoms with van der Waals surface area (Å²) >= 11 is 0. The van der Waals surface area contributed by atoms with E-state index < -0.39 is 0 Å². The van der Waals surface area contributed by atoms with Gasteiger partial charge in [0.15, 0.2) is 0 Å². The summed E-state index contributed by atoms with van der Waals surface area (Å²) in [6.07, 6.45) is 0.396. The second-order valence-electron chi connectivity index (χ2n) is 6.06. The molecule has 0 aromatic heterocycles. The van der Waals surface area contributed by atoms with Crippen LogP contribution in [0.3, 0.4) is 0 Å². The van der Waals surface area contributed by atoms with Gasteiger partial charge < -0.3 is 10.6 Å². The summed E-state index contributed by atoms with van der Waals surface area (Å²) in [6.45, 7) is 7.33. The Morgan fingerprint density at radius 2 is 1.55 bits per heavy atom. The Morgan fingerprint density at radius 1 is 0.955 bits per heavy atom. The Balaban J connectivity index is 1.87. The fourth-order valence-electron chi connectivity index (χ4n) is 2.09. The van der Waals surface area contributed by atoms with Crippen LogP contribution in [0.5, 0.6) is 0 Å². The Labute approximate surface area is 132 Å². The number of hydrogen-bond acceptors (Lipinski definition) is 2. The minimum Gasteiger partial charge on any atom is -0.385 e. The summed E-state index contributed by atoms with van der Waals surface area (Å²) in [5.74, 6) is 0.612. The van der Waals surface area contributed by atoms with Crippen LogP contribution < -0.4 is 10.6 Å². The normalized spacial score (nSPS) is 10.5. The second kappa shape index (κ2) is 7.64. The van der Waals surface area contributed by atoms with Crippen molar-refractivity contribution in [1.29, 1.82) is 0 Å². The Bertz CT molecular complexity index is 600. The zero-order valence-corrected chi connectivity index (χ0v) is 13.5. The van der Waals surface area contributed by atoms with E-state index in [1.807, 2.05) is 55.5 Å². The molecule has 0 bridgehead atoms. The molecule has 1 amide bonds. The van der Waals surface area contributed by atoms with Crippen LogP contribution in [0.4, 0.5) is 11.4 Å². The third-order valence-electron chi connectivity index (χ3n) is 3.37. The highest BCUT2D eigenvalue weighted by Crippen LogP contribution is 2.14. The van der Waals surface area contributed by atoms with Gasteiger partial charge in [-0.25, -0.2) is 0 Å². The first-order chi connectivity index (χ1) is 10.5. The molecular formula is C19H24N2O. The van der Waals surface area contributed by atoms with E-state index in [2.05, 4.69) is 24.5 Å². The molecule has 3 heteroatoms. The Morgan fingerprint density at radius 3 is 2.14 bits per heavy atom. The quantitative estimate of drug-likeness (QED) is 0.837. The average Bonchev–Trinajstić information content (AvgIpc) is 2.49. The van der Waals surface area contributed by atoms with Gasteiger partial charge in [-0.15, -0.1) is 0 Å². The van der Waals surface area contributed by atoms with Gasteiger partial charge >= 0.3 is 0 Å². The Kier molecular flexibility index (Phi) is 5.59. The van der Waals surface area contributed by atoms with Crippen LogP contribution >= 0.6 is 0 Å². The molecule has 0 spiro atoms. The maximum absolute atomic E-state index is 12.0. The van der Waals surface area contributed by atoms with Crippen LogP contribution in [0.2, 0.25) is 0 Å². The number of aryl methyl sites for hydroxylation is 1. The fraction of sp³-hybridized carbons (Fsp3) is 0.316. The molecule has 0 unspecified atom stereocenters. The van der Waals surface area contributed by atoms with Gasteiger partial charge in [-0.1, -0.05) is 43.7 Å². The number of carbonyl (C=O) groups is 1. The lowest BCUT2D eigenvalue weighted by Gasteiger charge is -2.10. The molecule has 0 atom stereocenters. The molecule has 2 N–H and O–H groups in total. The predicted molar refractivity (Wildman–Crippen MR) is 93.3 cm³/mol. The number of carbonyl (C=O) groups excluding carboxylic acids is 1. The lowest BCUT2D eigenvalue weighted by atomic mass is 10.1. The van der Waals surface area contributed by atoms with Gasteiger partial charge in [0.1, 0.15) is 0 Å². The molecule has 116 valence electrons. The number of rotatable bonds is 6. The van der Waals surface area contributed by atoms with Crippen molar-refractivity contribution in [2.24, 2.45) is 5.92 Å². The van der Waals surface area contributed by atoms with Gasteiger partial charge in [0.25, 0.3) is 0 Å². The van der Waals surface area contributed by atoms with E-state index in [1.54, 1.807) is 0 Å². The van der Waals surface area contributed by atoms with Gasteiger partial charge in [-0.05, 0) is 42.7 Å². The number of amides is 1. The molecule has 0 saturated heterocycles. The highest BCUT2D eigenvalue weighted by atomic mass is 16.1. The molecule has 0 fully saturated rings. The van der Waals surface area contributed by atoms with Crippen LogP contribution in [0.15, 0.2) is 48.5 Å². The molecule has 2 rings (SSSR count). The molecule has 0 aliphatic carbocycles. The molecule has 3 nitrogen and oxygen atoms in total. The summed E-state index contributed by atoms with van der Waals surface area (Å²) in [5.41, 5.74) is 4.13. The van der Waals surface area contributed by atoms with Crippen molar-refractivity contribution >= 4 is 17.3 Å². The molecule has 0 saturated carbocycles. The molecule has 2 aromatic rings. The molecule has 0 aliphatic rings. The van der Waals surface area contributed by atoms with Gasteiger partial charge in [0, 0.05) is 17.9 Å². The minimum atomic E-state index is 0.00624. The fourth-order valence-corrected chi connectivity index (χ4v) is 2.09.